The van der Waals surface area contributed by atoms with Gasteiger partial charge in [0.15, 0.2) is 0 Å². The number of pyridine rings is 1. The molecular formula is C13H19N3O2. The first-order valence-electron chi connectivity index (χ1n) is 6.20. The quantitative estimate of drug-likeness (QED) is 0.847. The number of nitrogens with zero attached hydrogens (tertiary/aromatic N) is 1. The number of aromatic nitrogens is 1. The number of rotatable bonds is 4. The van der Waals surface area contributed by atoms with Crippen LogP contribution in [0.4, 0.5) is 5.69 Å². The summed E-state index contributed by atoms with van der Waals surface area (Å²) in [5.41, 5.74) is 1.38. The Balaban J connectivity index is 2.00. The third-order valence-electron chi connectivity index (χ3n) is 3.39. The fourth-order valence-corrected chi connectivity index (χ4v) is 2.34. The van der Waals surface area contributed by atoms with E-state index in [-0.39, 0.29) is 18.1 Å². The van der Waals surface area contributed by atoms with Crippen molar-refractivity contribution in [2.75, 3.05) is 19.5 Å². The van der Waals surface area contributed by atoms with E-state index >= 15 is 0 Å². The molecule has 2 N–H and O–H groups in total. The van der Waals surface area contributed by atoms with Crippen LogP contribution in [0.1, 0.15) is 29.6 Å². The van der Waals surface area contributed by atoms with Gasteiger partial charge in [-0.1, -0.05) is 0 Å². The van der Waals surface area contributed by atoms with Crippen LogP contribution < -0.4 is 10.6 Å². The van der Waals surface area contributed by atoms with Gasteiger partial charge in [0, 0.05) is 38.3 Å². The second kappa shape index (κ2) is 5.82. The Morgan fingerprint density at radius 2 is 2.33 bits per heavy atom. The topological polar surface area (TPSA) is 63.2 Å². The van der Waals surface area contributed by atoms with Crippen LogP contribution in [-0.2, 0) is 4.74 Å². The molecule has 1 heterocycles. The van der Waals surface area contributed by atoms with Crippen LogP contribution in [0.25, 0.3) is 0 Å². The summed E-state index contributed by atoms with van der Waals surface area (Å²) in [5, 5.41) is 6.03. The fraction of sp³-hybridized carbons (Fsp3) is 0.538. The average Bonchev–Trinajstić information content (AvgIpc) is 2.86. The number of nitrogens with one attached hydrogen (secondary N) is 2. The number of ether oxygens (including phenoxy) is 1. The molecule has 0 bridgehead atoms. The van der Waals surface area contributed by atoms with Gasteiger partial charge < -0.3 is 15.4 Å². The van der Waals surface area contributed by atoms with Crippen molar-refractivity contribution < 1.29 is 9.53 Å². The first kappa shape index (κ1) is 12.8. The minimum absolute atomic E-state index is 0.0748. The number of hydrogen-bond acceptors (Lipinski definition) is 4. The smallest absolute Gasteiger partial charge is 0.255 e. The van der Waals surface area contributed by atoms with E-state index in [1.807, 2.05) is 0 Å². The van der Waals surface area contributed by atoms with Gasteiger partial charge in [0.2, 0.25) is 0 Å². The van der Waals surface area contributed by atoms with Gasteiger partial charge in [-0.15, -0.1) is 0 Å². The van der Waals surface area contributed by atoms with Gasteiger partial charge in [-0.05, 0) is 25.3 Å². The molecule has 0 radical (unpaired) electrons. The predicted octanol–water partition coefficient (Wildman–Crippen LogP) is 1.42. The van der Waals surface area contributed by atoms with E-state index in [0.29, 0.717) is 5.56 Å². The van der Waals surface area contributed by atoms with Crippen molar-refractivity contribution in [2.24, 2.45) is 0 Å². The molecule has 2 atom stereocenters. The molecule has 0 spiro atoms. The van der Waals surface area contributed by atoms with Crippen molar-refractivity contribution >= 4 is 11.6 Å². The molecular weight excluding hydrogens is 230 g/mol. The zero-order chi connectivity index (χ0) is 13.0. The van der Waals surface area contributed by atoms with Gasteiger partial charge >= 0.3 is 0 Å². The van der Waals surface area contributed by atoms with Crippen LogP contribution in [-0.4, -0.2) is 37.2 Å². The second-order valence-electron chi connectivity index (χ2n) is 4.51. The Hall–Kier alpha value is -1.62. The number of anilines is 1. The molecule has 1 saturated carbocycles. The van der Waals surface area contributed by atoms with Crippen molar-refractivity contribution in [2.45, 2.75) is 31.4 Å². The molecule has 0 saturated heterocycles. The van der Waals surface area contributed by atoms with Gasteiger partial charge in [-0.2, -0.15) is 0 Å². The zero-order valence-corrected chi connectivity index (χ0v) is 10.8. The van der Waals surface area contributed by atoms with Gasteiger partial charge in [-0.3, -0.25) is 9.78 Å². The third-order valence-corrected chi connectivity index (χ3v) is 3.39. The Labute approximate surface area is 107 Å². The first-order valence-corrected chi connectivity index (χ1v) is 6.20. The van der Waals surface area contributed by atoms with Gasteiger partial charge in [0.05, 0.1) is 11.7 Å². The minimum Gasteiger partial charge on any atom is -0.387 e. The fourth-order valence-electron chi connectivity index (χ4n) is 2.34. The van der Waals surface area contributed by atoms with Crippen molar-refractivity contribution in [3.63, 3.8) is 0 Å². The maximum Gasteiger partial charge on any atom is 0.255 e. The summed E-state index contributed by atoms with van der Waals surface area (Å²) in [4.78, 5) is 16.1. The predicted molar refractivity (Wildman–Crippen MR) is 69.7 cm³/mol. The number of carbonyl (C=O) groups excluding carboxylic acids is 1. The average molecular weight is 249 g/mol. The highest BCUT2D eigenvalue weighted by Gasteiger charge is 2.26. The number of carbonyl (C=O) groups is 1. The molecule has 2 unspecified atom stereocenters. The summed E-state index contributed by atoms with van der Waals surface area (Å²) in [7, 11) is 3.51. The Morgan fingerprint density at radius 1 is 1.50 bits per heavy atom. The zero-order valence-electron chi connectivity index (χ0n) is 10.8. The SMILES string of the molecule is CNc1ccncc1C(=O)NC1CCC(OC)C1. The van der Waals surface area contributed by atoms with E-state index in [1.165, 1.54) is 0 Å². The second-order valence-corrected chi connectivity index (χ2v) is 4.51. The van der Waals surface area contributed by atoms with E-state index in [4.69, 9.17) is 4.74 Å². The summed E-state index contributed by atoms with van der Waals surface area (Å²) < 4.78 is 5.30. The minimum atomic E-state index is -0.0748. The molecule has 2 rings (SSSR count). The summed E-state index contributed by atoms with van der Waals surface area (Å²) in [6.45, 7) is 0. The van der Waals surface area contributed by atoms with Crippen LogP contribution in [0.15, 0.2) is 18.5 Å². The lowest BCUT2D eigenvalue weighted by Gasteiger charge is -2.14. The van der Waals surface area contributed by atoms with Gasteiger partial charge in [0.1, 0.15) is 0 Å². The van der Waals surface area contributed by atoms with Crippen LogP contribution >= 0.6 is 0 Å². The van der Waals surface area contributed by atoms with Crippen LogP contribution in [0, 0.1) is 0 Å². The third kappa shape index (κ3) is 2.79. The highest BCUT2D eigenvalue weighted by atomic mass is 16.5. The van der Waals surface area contributed by atoms with Crippen molar-refractivity contribution in [1.29, 1.82) is 0 Å². The maximum atomic E-state index is 12.1. The highest BCUT2D eigenvalue weighted by molar-refractivity contribution is 5.99. The van der Waals surface area contributed by atoms with Crippen LogP contribution in [0.3, 0.4) is 0 Å². The molecule has 1 aliphatic carbocycles. The van der Waals surface area contributed by atoms with E-state index in [1.54, 1.807) is 32.6 Å². The van der Waals surface area contributed by atoms with Crippen molar-refractivity contribution in [1.82, 2.24) is 10.3 Å². The molecule has 1 aliphatic rings. The lowest BCUT2D eigenvalue weighted by Crippen LogP contribution is -2.33. The number of hydrogen-bond donors (Lipinski definition) is 2. The summed E-state index contributed by atoms with van der Waals surface area (Å²) in [6, 6.07) is 1.99. The van der Waals surface area contributed by atoms with Crippen LogP contribution in [0.5, 0.6) is 0 Å². The normalized spacial score (nSPS) is 22.8. The first-order chi connectivity index (χ1) is 8.74. The molecule has 1 amide bonds. The van der Waals surface area contributed by atoms with E-state index < -0.39 is 0 Å². The Bertz CT molecular complexity index is 422. The summed E-state index contributed by atoms with van der Waals surface area (Å²) in [6.07, 6.45) is 6.39. The van der Waals surface area contributed by atoms with Crippen molar-refractivity contribution in [3.05, 3.63) is 24.0 Å². The molecule has 0 aliphatic heterocycles. The maximum absolute atomic E-state index is 12.1. The molecule has 98 valence electrons. The number of methoxy groups -OCH3 is 1. The number of amides is 1. The van der Waals surface area contributed by atoms with Gasteiger partial charge in [-0.25, -0.2) is 0 Å². The van der Waals surface area contributed by atoms with E-state index in [9.17, 15) is 4.79 Å². The standard InChI is InChI=1S/C13H19N3O2/c1-14-12-5-6-15-8-11(12)13(17)16-9-3-4-10(7-9)18-2/h5-6,8-10H,3-4,7H2,1-2H3,(H,14,15)(H,16,17). The largest absolute Gasteiger partial charge is 0.387 e. The summed E-state index contributed by atoms with van der Waals surface area (Å²) >= 11 is 0. The Morgan fingerprint density at radius 3 is 3.00 bits per heavy atom. The van der Waals surface area contributed by atoms with Gasteiger partial charge in [0.25, 0.3) is 5.91 Å². The molecule has 1 aromatic rings. The van der Waals surface area contributed by atoms with E-state index in [0.717, 1.165) is 24.9 Å². The van der Waals surface area contributed by atoms with E-state index in [2.05, 4.69) is 15.6 Å². The molecule has 18 heavy (non-hydrogen) atoms. The Kier molecular flexibility index (Phi) is 4.15. The van der Waals surface area contributed by atoms with Crippen molar-refractivity contribution in [3.8, 4) is 0 Å². The highest BCUT2D eigenvalue weighted by Crippen LogP contribution is 2.22. The molecule has 0 aromatic carbocycles. The monoisotopic (exact) mass is 249 g/mol. The molecule has 1 aromatic heterocycles. The molecule has 5 heteroatoms. The molecule has 5 nitrogen and oxygen atoms in total. The molecule has 1 fully saturated rings. The summed E-state index contributed by atoms with van der Waals surface area (Å²) in [5.74, 6) is -0.0748. The van der Waals surface area contributed by atoms with Crippen LogP contribution in [0.2, 0.25) is 0 Å². The lowest BCUT2D eigenvalue weighted by molar-refractivity contribution is 0.0915. The lowest BCUT2D eigenvalue weighted by atomic mass is 10.2.